The molecule has 0 radical (unpaired) electrons. The number of nitrogens with zero attached hydrogens (tertiary/aromatic N) is 1. The highest BCUT2D eigenvalue weighted by molar-refractivity contribution is 7.99. The third-order valence-corrected chi connectivity index (χ3v) is 7.09. The predicted molar refractivity (Wildman–Crippen MR) is 139 cm³/mol. The molecule has 0 aliphatic carbocycles. The summed E-state index contributed by atoms with van der Waals surface area (Å²) in [6, 6.07) is 11.0. The van der Waals surface area contributed by atoms with Gasteiger partial charge < -0.3 is 14.2 Å². The summed E-state index contributed by atoms with van der Waals surface area (Å²) < 4.78 is 69.2. The van der Waals surface area contributed by atoms with Gasteiger partial charge >= 0.3 is 12.1 Å². The lowest BCUT2D eigenvalue weighted by Crippen LogP contribution is -2.39. The number of methoxy groups -OCH3 is 1. The Labute approximate surface area is 230 Å². The monoisotopic (exact) mass is 600 g/mol. The van der Waals surface area contributed by atoms with E-state index in [1.807, 2.05) is 0 Å². The molecule has 0 aliphatic rings. The molecule has 40 heavy (non-hydrogen) atoms. The van der Waals surface area contributed by atoms with Crippen molar-refractivity contribution in [2.45, 2.75) is 24.1 Å². The number of halogens is 4. The zero-order valence-corrected chi connectivity index (χ0v) is 22.3. The largest absolute Gasteiger partial charge is 0.497 e. The molecule has 3 aromatic carbocycles. The van der Waals surface area contributed by atoms with E-state index in [0.717, 1.165) is 31.2 Å². The van der Waals surface area contributed by atoms with E-state index in [4.69, 9.17) is 25.8 Å². The molecule has 3 aromatic rings. The van der Waals surface area contributed by atoms with Crippen LogP contribution >= 0.6 is 11.6 Å². The van der Waals surface area contributed by atoms with Crippen molar-refractivity contribution in [2.75, 3.05) is 7.11 Å². The van der Waals surface area contributed by atoms with E-state index in [1.165, 1.54) is 31.4 Å². The molecular weight excluding hydrogens is 581 g/mol. The number of carbonyl (C=O) groups excluding carboxylic acids is 2. The first-order valence-electron chi connectivity index (χ1n) is 11.0. The normalized spacial score (nSPS) is 13.4. The van der Waals surface area contributed by atoms with E-state index in [0.29, 0.717) is 17.9 Å². The quantitative estimate of drug-likeness (QED) is 0.149. The van der Waals surface area contributed by atoms with Gasteiger partial charge in [0, 0.05) is 17.0 Å². The van der Waals surface area contributed by atoms with Crippen LogP contribution in [0.2, 0.25) is 5.02 Å². The van der Waals surface area contributed by atoms with Crippen LogP contribution in [0, 0.1) is 10.1 Å². The number of rotatable bonds is 9. The molecule has 0 heterocycles. The number of hydrogen-bond donors (Lipinski definition) is 1. The average molecular weight is 601 g/mol. The van der Waals surface area contributed by atoms with Crippen molar-refractivity contribution in [3.8, 4) is 17.2 Å². The molecule has 0 fully saturated rings. The molecule has 212 valence electrons. The van der Waals surface area contributed by atoms with Crippen LogP contribution in [0.15, 0.2) is 65.6 Å². The molecule has 10 nitrogen and oxygen atoms in total. The summed E-state index contributed by atoms with van der Waals surface area (Å²) in [7, 11) is -1.93. The third-order valence-electron chi connectivity index (χ3n) is 5.23. The number of esters is 1. The van der Waals surface area contributed by atoms with Gasteiger partial charge in [-0.25, -0.2) is 9.00 Å². The summed E-state index contributed by atoms with van der Waals surface area (Å²) in [6.07, 6.45) is -6.22. The van der Waals surface area contributed by atoms with E-state index in [-0.39, 0.29) is 16.4 Å². The molecule has 15 heteroatoms. The van der Waals surface area contributed by atoms with E-state index in [1.54, 1.807) is 0 Å². The molecule has 0 saturated carbocycles. The molecule has 2 unspecified atom stereocenters. The Hall–Kier alpha value is -4.30. The van der Waals surface area contributed by atoms with Gasteiger partial charge in [0.2, 0.25) is 0 Å². The molecule has 1 amide bonds. The lowest BCUT2D eigenvalue weighted by atomic mass is 10.1. The molecule has 1 N–H and O–H groups in total. The zero-order valence-electron chi connectivity index (χ0n) is 20.7. The number of benzene rings is 3. The second-order valence-corrected chi connectivity index (χ2v) is 10.5. The van der Waals surface area contributed by atoms with Crippen molar-refractivity contribution < 1.29 is 46.1 Å². The minimum absolute atomic E-state index is 0.155. The highest BCUT2D eigenvalue weighted by atomic mass is 35.5. The Bertz CT molecular complexity index is 1560. The summed E-state index contributed by atoms with van der Waals surface area (Å²) in [5.74, 6) is 1.25. The maximum atomic E-state index is 12.9. The van der Waals surface area contributed by atoms with Crippen molar-refractivity contribution in [3.05, 3.63) is 86.9 Å². The molecular formula is C25H20ClF3N2O8S. The fraction of sp³-hybridized carbons (Fsp3) is 0.160. The summed E-state index contributed by atoms with van der Waals surface area (Å²) in [6.45, 7) is 1.14. The fourth-order valence-corrected chi connectivity index (χ4v) is 4.57. The molecule has 0 bridgehead atoms. The van der Waals surface area contributed by atoms with Gasteiger partial charge in [-0.1, -0.05) is 11.6 Å². The maximum Gasteiger partial charge on any atom is 0.416 e. The summed E-state index contributed by atoms with van der Waals surface area (Å²) in [5.41, 5.74) is -2.36. The highest BCUT2D eigenvalue weighted by Crippen LogP contribution is 2.37. The molecule has 0 spiro atoms. The standard InChI is InChI=1S/C25H20ClF3N2O8S/c1-14(23(32)30-40(3,36)18-8-5-16(37-2)6-9-18)38-24(33)19-13-17(7-10-21(19)31(34)35)39-22-11-4-15(12-20(22)26)25(27,28)29/h4-14H,3H2,1-2H3,(H,30,32,36). The van der Waals surface area contributed by atoms with Gasteiger partial charge in [0.05, 0.1) is 32.3 Å². The Morgan fingerprint density at radius 2 is 1.70 bits per heavy atom. The van der Waals surface area contributed by atoms with Crippen molar-refractivity contribution >= 4 is 44.7 Å². The molecule has 2 atom stereocenters. The first-order chi connectivity index (χ1) is 18.6. The number of hydrogen-bond acceptors (Lipinski definition) is 8. The molecule has 3 rings (SSSR count). The number of alkyl halides is 3. The lowest BCUT2D eigenvalue weighted by molar-refractivity contribution is -0.385. The predicted octanol–water partition coefficient (Wildman–Crippen LogP) is 5.42. The number of carbonyl (C=O) groups is 2. The second kappa shape index (κ2) is 11.8. The smallest absolute Gasteiger partial charge is 0.416 e. The molecule has 0 saturated heterocycles. The van der Waals surface area contributed by atoms with Gasteiger partial charge in [-0.2, -0.15) is 13.2 Å². The van der Waals surface area contributed by atoms with Crippen molar-refractivity contribution in [2.24, 2.45) is 0 Å². The first kappa shape index (κ1) is 30.2. The lowest BCUT2D eigenvalue weighted by Gasteiger charge is -2.17. The summed E-state index contributed by atoms with van der Waals surface area (Å²) in [5, 5.41) is 11.1. The Balaban J connectivity index is 1.79. The summed E-state index contributed by atoms with van der Waals surface area (Å²) >= 11 is 5.88. The van der Waals surface area contributed by atoms with Crippen LogP contribution in [-0.4, -0.2) is 40.1 Å². The minimum Gasteiger partial charge on any atom is -0.497 e. The van der Waals surface area contributed by atoms with Gasteiger partial charge in [0.15, 0.2) is 6.10 Å². The van der Waals surface area contributed by atoms with Crippen molar-refractivity contribution in [1.82, 2.24) is 4.72 Å². The van der Waals surface area contributed by atoms with E-state index < -0.39 is 60.6 Å². The van der Waals surface area contributed by atoms with Crippen LogP contribution in [0.4, 0.5) is 18.9 Å². The van der Waals surface area contributed by atoms with Gasteiger partial charge in [-0.3, -0.25) is 19.6 Å². The Morgan fingerprint density at radius 3 is 2.25 bits per heavy atom. The van der Waals surface area contributed by atoms with Gasteiger partial charge in [-0.15, -0.1) is 0 Å². The van der Waals surface area contributed by atoms with Crippen LogP contribution in [0.3, 0.4) is 0 Å². The molecule has 0 aliphatic heterocycles. The SMILES string of the molecule is C=S(=O)(NC(=O)C(C)OC(=O)c1cc(Oc2ccc(C(F)(F)F)cc2Cl)ccc1[N+](=O)[O-])c1ccc(OC)cc1. The average Bonchev–Trinajstić information content (AvgIpc) is 2.88. The minimum atomic E-state index is -4.65. The Kier molecular flexibility index (Phi) is 8.95. The highest BCUT2D eigenvalue weighted by Gasteiger charge is 2.31. The van der Waals surface area contributed by atoms with Crippen LogP contribution in [-0.2, 0) is 25.4 Å². The number of nitrogens with one attached hydrogen (secondary N) is 1. The number of nitro groups is 1. The van der Waals surface area contributed by atoms with Crippen molar-refractivity contribution in [1.29, 1.82) is 0 Å². The number of amides is 1. The van der Waals surface area contributed by atoms with Gasteiger partial charge in [0.25, 0.3) is 11.6 Å². The zero-order chi connectivity index (χ0) is 29.8. The van der Waals surface area contributed by atoms with Gasteiger partial charge in [0.1, 0.15) is 22.8 Å². The van der Waals surface area contributed by atoms with E-state index >= 15 is 0 Å². The third kappa shape index (κ3) is 7.21. The summed E-state index contributed by atoms with van der Waals surface area (Å²) in [4.78, 5) is 36.2. The maximum absolute atomic E-state index is 12.9. The van der Waals surface area contributed by atoms with Crippen LogP contribution in [0.1, 0.15) is 22.8 Å². The Morgan fingerprint density at radius 1 is 1.07 bits per heavy atom. The first-order valence-corrected chi connectivity index (χ1v) is 13.1. The number of ether oxygens (including phenoxy) is 3. The van der Waals surface area contributed by atoms with Crippen LogP contribution in [0.25, 0.3) is 0 Å². The second-order valence-electron chi connectivity index (χ2n) is 8.05. The van der Waals surface area contributed by atoms with E-state index in [9.17, 15) is 37.1 Å². The van der Waals surface area contributed by atoms with E-state index in [2.05, 4.69) is 10.6 Å². The van der Waals surface area contributed by atoms with Gasteiger partial charge in [-0.05, 0) is 61.3 Å². The van der Waals surface area contributed by atoms with Crippen LogP contribution < -0.4 is 14.2 Å². The number of nitro benzene ring substituents is 1. The fourth-order valence-electron chi connectivity index (χ4n) is 3.17. The molecule has 0 aromatic heterocycles. The van der Waals surface area contributed by atoms with Crippen LogP contribution in [0.5, 0.6) is 17.2 Å². The van der Waals surface area contributed by atoms with Crippen molar-refractivity contribution in [3.63, 3.8) is 0 Å². The topological polar surface area (TPSA) is 134 Å².